The second-order valence-corrected chi connectivity index (χ2v) is 4.96. The maximum absolute atomic E-state index is 12.5. The van der Waals surface area contributed by atoms with Crippen molar-refractivity contribution in [1.82, 2.24) is 4.90 Å². The Bertz CT molecular complexity index is 452. The molecule has 1 fully saturated rings. The molecule has 0 spiro atoms. The van der Waals surface area contributed by atoms with Crippen LogP contribution in [-0.4, -0.2) is 49.1 Å². The summed E-state index contributed by atoms with van der Waals surface area (Å²) in [5.41, 5.74) is 0.626. The Labute approximate surface area is 118 Å². The van der Waals surface area contributed by atoms with Crippen molar-refractivity contribution in [3.05, 3.63) is 29.8 Å². The molecule has 104 valence electrons. The molecule has 0 radical (unpaired) electrons. The first-order valence-electron chi connectivity index (χ1n) is 6.28. The summed E-state index contributed by atoms with van der Waals surface area (Å²) in [6.07, 6.45) is -0.0903. The van der Waals surface area contributed by atoms with Crippen LogP contribution in [0.4, 0.5) is 0 Å². The van der Waals surface area contributed by atoms with Crippen LogP contribution in [0.5, 0.6) is 5.75 Å². The molecule has 1 aliphatic heterocycles. The van der Waals surface area contributed by atoms with E-state index in [4.69, 9.17) is 21.1 Å². The van der Waals surface area contributed by atoms with Crippen LogP contribution in [0.1, 0.15) is 17.3 Å². The highest BCUT2D eigenvalue weighted by Crippen LogP contribution is 2.19. The predicted molar refractivity (Wildman–Crippen MR) is 74.0 cm³/mol. The van der Waals surface area contributed by atoms with Gasteiger partial charge < -0.3 is 14.4 Å². The molecule has 1 heterocycles. The standard InChI is InChI=1S/C14H18ClNO3/c1-10-9-19-13(7-15)8-16(10)14(17)11-4-3-5-12(6-11)18-2/h3-6,10,13H,7-9H2,1-2H3. The van der Waals surface area contributed by atoms with Gasteiger partial charge in [0, 0.05) is 12.1 Å². The highest BCUT2D eigenvalue weighted by molar-refractivity contribution is 6.18. The second-order valence-electron chi connectivity index (χ2n) is 4.65. The third-order valence-electron chi connectivity index (χ3n) is 3.26. The summed E-state index contributed by atoms with van der Waals surface area (Å²) in [5.74, 6) is 1.07. The fraction of sp³-hybridized carbons (Fsp3) is 0.500. The number of alkyl halides is 1. The van der Waals surface area contributed by atoms with Crippen molar-refractivity contribution in [2.24, 2.45) is 0 Å². The number of rotatable bonds is 3. The Morgan fingerprint density at radius 2 is 2.37 bits per heavy atom. The van der Waals surface area contributed by atoms with Gasteiger partial charge in [-0.25, -0.2) is 0 Å². The van der Waals surface area contributed by atoms with Crippen LogP contribution in [0, 0.1) is 0 Å². The molecule has 0 N–H and O–H groups in total. The van der Waals surface area contributed by atoms with Crippen molar-refractivity contribution in [2.45, 2.75) is 19.1 Å². The lowest BCUT2D eigenvalue weighted by Crippen LogP contribution is -2.51. The number of halogens is 1. The van der Waals surface area contributed by atoms with Crippen molar-refractivity contribution in [1.29, 1.82) is 0 Å². The molecule has 1 aromatic carbocycles. The Morgan fingerprint density at radius 1 is 1.58 bits per heavy atom. The van der Waals surface area contributed by atoms with Gasteiger partial charge >= 0.3 is 0 Å². The molecule has 2 atom stereocenters. The largest absolute Gasteiger partial charge is 0.497 e. The Hall–Kier alpha value is -1.26. The first-order valence-corrected chi connectivity index (χ1v) is 6.81. The zero-order chi connectivity index (χ0) is 13.8. The monoisotopic (exact) mass is 283 g/mol. The van der Waals surface area contributed by atoms with Crippen LogP contribution in [0.15, 0.2) is 24.3 Å². The number of benzene rings is 1. The number of methoxy groups -OCH3 is 1. The number of hydrogen-bond donors (Lipinski definition) is 0. The van der Waals surface area contributed by atoms with Gasteiger partial charge in [0.2, 0.25) is 0 Å². The van der Waals surface area contributed by atoms with Gasteiger partial charge in [0.1, 0.15) is 5.75 Å². The molecule has 4 nitrogen and oxygen atoms in total. The third kappa shape index (κ3) is 3.19. The lowest BCUT2D eigenvalue weighted by molar-refractivity contribution is -0.0371. The van der Waals surface area contributed by atoms with Gasteiger partial charge in [0.15, 0.2) is 0 Å². The number of carbonyl (C=O) groups excluding carboxylic acids is 1. The van der Waals surface area contributed by atoms with E-state index < -0.39 is 0 Å². The molecule has 0 saturated carbocycles. The van der Waals surface area contributed by atoms with Crippen molar-refractivity contribution < 1.29 is 14.3 Å². The molecule has 1 aliphatic rings. The van der Waals surface area contributed by atoms with Gasteiger partial charge in [-0.3, -0.25) is 4.79 Å². The zero-order valence-electron chi connectivity index (χ0n) is 11.1. The van der Waals surface area contributed by atoms with E-state index in [1.807, 2.05) is 24.0 Å². The number of amides is 1. The van der Waals surface area contributed by atoms with E-state index in [0.717, 1.165) is 0 Å². The predicted octanol–water partition coefficient (Wildman–Crippen LogP) is 2.16. The maximum Gasteiger partial charge on any atom is 0.254 e. The first kappa shape index (κ1) is 14.2. The van der Waals surface area contributed by atoms with Crippen LogP contribution in [0.3, 0.4) is 0 Å². The summed E-state index contributed by atoms with van der Waals surface area (Å²) in [6.45, 7) is 3.02. The molecule has 2 unspecified atom stereocenters. The van der Waals surface area contributed by atoms with Gasteiger partial charge in [-0.05, 0) is 25.1 Å². The van der Waals surface area contributed by atoms with E-state index in [1.54, 1.807) is 19.2 Å². The minimum atomic E-state index is -0.0903. The van der Waals surface area contributed by atoms with E-state index in [0.29, 0.717) is 30.3 Å². The van der Waals surface area contributed by atoms with Gasteiger partial charge in [-0.2, -0.15) is 0 Å². The minimum absolute atomic E-state index is 0.00943. The van der Waals surface area contributed by atoms with E-state index in [-0.39, 0.29) is 18.1 Å². The lowest BCUT2D eigenvalue weighted by atomic mass is 10.1. The van der Waals surface area contributed by atoms with Crippen molar-refractivity contribution >= 4 is 17.5 Å². The van der Waals surface area contributed by atoms with Gasteiger partial charge in [0.25, 0.3) is 5.91 Å². The van der Waals surface area contributed by atoms with Gasteiger partial charge in [0.05, 0.1) is 31.7 Å². The number of morpholine rings is 1. The molecule has 19 heavy (non-hydrogen) atoms. The van der Waals surface area contributed by atoms with E-state index in [1.165, 1.54) is 0 Å². The maximum atomic E-state index is 12.5. The van der Waals surface area contributed by atoms with Gasteiger partial charge in [-0.1, -0.05) is 6.07 Å². The molecule has 5 heteroatoms. The second kappa shape index (κ2) is 6.26. The summed E-state index contributed by atoms with van der Waals surface area (Å²) >= 11 is 5.81. The van der Waals surface area contributed by atoms with E-state index >= 15 is 0 Å². The average Bonchev–Trinajstić information content (AvgIpc) is 2.47. The Kier molecular flexibility index (Phi) is 4.66. The summed E-state index contributed by atoms with van der Waals surface area (Å²) < 4.78 is 10.7. The van der Waals surface area contributed by atoms with Gasteiger partial charge in [-0.15, -0.1) is 11.6 Å². The fourth-order valence-corrected chi connectivity index (χ4v) is 2.30. The van der Waals surface area contributed by atoms with Crippen LogP contribution < -0.4 is 4.74 Å². The quantitative estimate of drug-likeness (QED) is 0.798. The SMILES string of the molecule is COc1cccc(C(=O)N2CC(CCl)OCC2C)c1. The van der Waals surface area contributed by atoms with Crippen LogP contribution in [-0.2, 0) is 4.74 Å². The summed E-state index contributed by atoms with van der Waals surface area (Å²) in [7, 11) is 1.59. The van der Waals surface area contributed by atoms with E-state index in [9.17, 15) is 4.79 Å². The van der Waals surface area contributed by atoms with E-state index in [2.05, 4.69) is 0 Å². The summed E-state index contributed by atoms with van der Waals surface area (Å²) in [4.78, 5) is 14.3. The molecule has 1 aromatic rings. The number of ether oxygens (including phenoxy) is 2. The minimum Gasteiger partial charge on any atom is -0.497 e. The molecule has 0 aromatic heterocycles. The molecule has 0 bridgehead atoms. The highest BCUT2D eigenvalue weighted by atomic mass is 35.5. The Morgan fingerprint density at radius 3 is 3.05 bits per heavy atom. The van der Waals surface area contributed by atoms with Crippen LogP contribution in [0.2, 0.25) is 0 Å². The normalized spacial score (nSPS) is 23.2. The molecule has 0 aliphatic carbocycles. The number of carbonyl (C=O) groups is 1. The molecular formula is C14H18ClNO3. The topological polar surface area (TPSA) is 38.8 Å². The average molecular weight is 284 g/mol. The first-order chi connectivity index (χ1) is 9.15. The Balaban J connectivity index is 2.16. The lowest BCUT2D eigenvalue weighted by Gasteiger charge is -2.37. The molecule has 2 rings (SSSR count). The van der Waals surface area contributed by atoms with Crippen LogP contribution in [0.25, 0.3) is 0 Å². The van der Waals surface area contributed by atoms with Crippen molar-refractivity contribution in [3.63, 3.8) is 0 Å². The number of hydrogen-bond acceptors (Lipinski definition) is 3. The molecule has 1 saturated heterocycles. The fourth-order valence-electron chi connectivity index (χ4n) is 2.12. The molecular weight excluding hydrogens is 266 g/mol. The summed E-state index contributed by atoms with van der Waals surface area (Å²) in [6, 6.07) is 7.23. The number of nitrogens with zero attached hydrogens (tertiary/aromatic N) is 1. The zero-order valence-corrected chi connectivity index (χ0v) is 11.9. The van der Waals surface area contributed by atoms with Crippen molar-refractivity contribution in [2.75, 3.05) is 26.1 Å². The highest BCUT2D eigenvalue weighted by Gasteiger charge is 2.29. The van der Waals surface area contributed by atoms with Crippen LogP contribution >= 0.6 is 11.6 Å². The van der Waals surface area contributed by atoms with Crippen molar-refractivity contribution in [3.8, 4) is 5.75 Å². The third-order valence-corrected chi connectivity index (χ3v) is 3.60. The smallest absolute Gasteiger partial charge is 0.254 e. The summed E-state index contributed by atoms with van der Waals surface area (Å²) in [5, 5.41) is 0. The molecule has 1 amide bonds.